The summed E-state index contributed by atoms with van der Waals surface area (Å²) in [4.78, 5) is 0.294. The SMILES string of the molecule is Cc1ccc(S(=O)(=O)N2c3cc(C)ccc3CCC2CCc2ccc(F)c(Cl)c2)cc1. The maximum atomic E-state index is 13.7. The fourth-order valence-corrected chi connectivity index (χ4v) is 6.11. The van der Waals surface area contributed by atoms with Crippen molar-refractivity contribution in [3.8, 4) is 0 Å². The van der Waals surface area contributed by atoms with Crippen LogP contribution in [0.3, 0.4) is 0 Å². The Balaban J connectivity index is 1.71. The van der Waals surface area contributed by atoms with Gasteiger partial charge >= 0.3 is 0 Å². The van der Waals surface area contributed by atoms with Gasteiger partial charge in [-0.2, -0.15) is 0 Å². The zero-order valence-electron chi connectivity index (χ0n) is 17.6. The first-order chi connectivity index (χ1) is 14.8. The Kier molecular flexibility index (Phi) is 6.09. The summed E-state index contributed by atoms with van der Waals surface area (Å²) in [5, 5.41) is 0.0891. The monoisotopic (exact) mass is 457 g/mol. The highest BCUT2D eigenvalue weighted by Crippen LogP contribution is 2.37. The molecular weight excluding hydrogens is 433 g/mol. The van der Waals surface area contributed by atoms with E-state index in [1.54, 1.807) is 28.6 Å². The average molecular weight is 458 g/mol. The minimum Gasteiger partial charge on any atom is -0.263 e. The van der Waals surface area contributed by atoms with Crippen LogP contribution in [0.15, 0.2) is 65.6 Å². The van der Waals surface area contributed by atoms with E-state index in [-0.39, 0.29) is 11.1 Å². The van der Waals surface area contributed by atoms with Crippen molar-refractivity contribution in [3.05, 3.63) is 93.8 Å². The summed E-state index contributed by atoms with van der Waals surface area (Å²) in [7, 11) is -3.73. The van der Waals surface area contributed by atoms with Crippen LogP contribution >= 0.6 is 11.6 Å². The van der Waals surface area contributed by atoms with Crippen LogP contribution in [0.2, 0.25) is 5.02 Å². The third-order valence-electron chi connectivity index (χ3n) is 5.88. The summed E-state index contributed by atoms with van der Waals surface area (Å²) in [6.45, 7) is 3.91. The molecule has 0 aromatic heterocycles. The fraction of sp³-hybridized carbons (Fsp3) is 0.280. The summed E-state index contributed by atoms with van der Waals surface area (Å²) < 4.78 is 42.6. The second-order valence-corrected chi connectivity index (χ2v) is 10.4. The third kappa shape index (κ3) is 4.48. The van der Waals surface area contributed by atoms with Gasteiger partial charge < -0.3 is 0 Å². The number of hydrogen-bond acceptors (Lipinski definition) is 2. The minimum absolute atomic E-state index is 0.0891. The third-order valence-corrected chi connectivity index (χ3v) is 8.06. The summed E-state index contributed by atoms with van der Waals surface area (Å²) >= 11 is 5.93. The van der Waals surface area contributed by atoms with Crippen molar-refractivity contribution in [2.75, 3.05) is 4.31 Å². The second kappa shape index (κ2) is 8.64. The van der Waals surface area contributed by atoms with Gasteiger partial charge in [0.25, 0.3) is 10.0 Å². The first-order valence-corrected chi connectivity index (χ1v) is 12.2. The predicted octanol–water partition coefficient (Wildman–Crippen LogP) is 6.24. The number of nitrogens with zero attached hydrogens (tertiary/aromatic N) is 1. The van der Waals surface area contributed by atoms with E-state index in [4.69, 9.17) is 11.6 Å². The lowest BCUT2D eigenvalue weighted by molar-refractivity contribution is 0.523. The van der Waals surface area contributed by atoms with Gasteiger partial charge in [0.05, 0.1) is 15.6 Å². The molecule has 1 unspecified atom stereocenters. The van der Waals surface area contributed by atoms with Crippen LogP contribution in [0.4, 0.5) is 10.1 Å². The molecule has 6 heteroatoms. The van der Waals surface area contributed by atoms with Crippen molar-refractivity contribution in [1.29, 1.82) is 0 Å². The van der Waals surface area contributed by atoms with Gasteiger partial charge in [0.1, 0.15) is 5.82 Å². The molecule has 31 heavy (non-hydrogen) atoms. The van der Waals surface area contributed by atoms with Gasteiger partial charge in [0.2, 0.25) is 0 Å². The largest absolute Gasteiger partial charge is 0.264 e. The molecule has 162 valence electrons. The van der Waals surface area contributed by atoms with Crippen LogP contribution in [-0.2, 0) is 22.9 Å². The number of aryl methyl sites for hydroxylation is 4. The molecule has 0 saturated heterocycles. The number of halogens is 2. The van der Waals surface area contributed by atoms with Crippen molar-refractivity contribution < 1.29 is 12.8 Å². The average Bonchev–Trinajstić information content (AvgIpc) is 2.74. The van der Waals surface area contributed by atoms with Crippen molar-refractivity contribution >= 4 is 27.3 Å². The van der Waals surface area contributed by atoms with Crippen molar-refractivity contribution in [2.45, 2.75) is 50.5 Å². The lowest BCUT2D eigenvalue weighted by Crippen LogP contribution is -2.44. The van der Waals surface area contributed by atoms with Crippen LogP contribution < -0.4 is 4.31 Å². The van der Waals surface area contributed by atoms with Gasteiger partial charge in [-0.1, -0.05) is 47.5 Å². The first kappa shape index (κ1) is 21.8. The molecule has 0 saturated carbocycles. The highest BCUT2D eigenvalue weighted by atomic mass is 35.5. The highest BCUT2D eigenvalue weighted by Gasteiger charge is 2.35. The van der Waals surface area contributed by atoms with Crippen LogP contribution in [0, 0.1) is 19.7 Å². The smallest absolute Gasteiger partial charge is 0.263 e. The van der Waals surface area contributed by atoms with E-state index in [2.05, 4.69) is 0 Å². The molecule has 0 aliphatic carbocycles. The van der Waals surface area contributed by atoms with E-state index in [1.807, 2.05) is 44.2 Å². The van der Waals surface area contributed by atoms with E-state index in [9.17, 15) is 12.8 Å². The molecule has 1 heterocycles. The van der Waals surface area contributed by atoms with E-state index in [0.717, 1.165) is 40.8 Å². The van der Waals surface area contributed by atoms with Crippen molar-refractivity contribution in [1.82, 2.24) is 0 Å². The molecule has 3 aromatic rings. The summed E-state index contributed by atoms with van der Waals surface area (Å²) in [5.74, 6) is -0.448. The molecule has 0 fully saturated rings. The maximum Gasteiger partial charge on any atom is 0.264 e. The number of hydrogen-bond donors (Lipinski definition) is 0. The summed E-state index contributed by atoms with van der Waals surface area (Å²) in [5.41, 5.74) is 4.73. The lowest BCUT2D eigenvalue weighted by Gasteiger charge is -2.38. The Morgan fingerprint density at radius 1 is 1.00 bits per heavy atom. The number of fused-ring (bicyclic) bond motifs is 1. The van der Waals surface area contributed by atoms with Crippen LogP contribution in [-0.4, -0.2) is 14.5 Å². The Bertz CT molecular complexity index is 1210. The Hall–Kier alpha value is -2.37. The van der Waals surface area contributed by atoms with Gasteiger partial charge in [-0.15, -0.1) is 0 Å². The molecule has 0 spiro atoms. The molecule has 0 N–H and O–H groups in total. The predicted molar refractivity (Wildman–Crippen MR) is 124 cm³/mol. The molecular formula is C25H25ClFNO2S. The number of sulfonamides is 1. The highest BCUT2D eigenvalue weighted by molar-refractivity contribution is 7.92. The van der Waals surface area contributed by atoms with Gasteiger partial charge in [-0.05, 0) is 86.6 Å². The van der Waals surface area contributed by atoms with Crippen LogP contribution in [0.1, 0.15) is 35.1 Å². The van der Waals surface area contributed by atoms with E-state index < -0.39 is 15.8 Å². The van der Waals surface area contributed by atoms with E-state index >= 15 is 0 Å². The quantitative estimate of drug-likeness (QED) is 0.454. The fourth-order valence-electron chi connectivity index (χ4n) is 4.17. The van der Waals surface area contributed by atoms with Crippen LogP contribution in [0.5, 0.6) is 0 Å². The Morgan fingerprint density at radius 3 is 2.42 bits per heavy atom. The second-order valence-electron chi connectivity index (χ2n) is 8.23. The van der Waals surface area contributed by atoms with E-state index in [0.29, 0.717) is 17.7 Å². The molecule has 1 aliphatic heterocycles. The normalized spacial score (nSPS) is 16.3. The van der Waals surface area contributed by atoms with Crippen molar-refractivity contribution in [2.24, 2.45) is 0 Å². The number of anilines is 1. The van der Waals surface area contributed by atoms with Crippen LogP contribution in [0.25, 0.3) is 0 Å². The zero-order valence-corrected chi connectivity index (χ0v) is 19.2. The zero-order chi connectivity index (χ0) is 22.2. The summed E-state index contributed by atoms with van der Waals surface area (Å²) in [6.07, 6.45) is 2.80. The molecule has 3 aromatic carbocycles. The Labute approximate surface area is 188 Å². The molecule has 3 nitrogen and oxygen atoms in total. The maximum absolute atomic E-state index is 13.7. The number of benzene rings is 3. The van der Waals surface area contributed by atoms with E-state index in [1.165, 1.54) is 6.07 Å². The summed E-state index contributed by atoms with van der Waals surface area (Å²) in [6, 6.07) is 17.5. The minimum atomic E-state index is -3.73. The lowest BCUT2D eigenvalue weighted by atomic mass is 9.93. The topological polar surface area (TPSA) is 37.4 Å². The molecule has 1 atom stereocenters. The molecule has 0 bridgehead atoms. The first-order valence-electron chi connectivity index (χ1n) is 10.4. The van der Waals surface area contributed by atoms with Gasteiger partial charge in [-0.25, -0.2) is 12.8 Å². The number of rotatable bonds is 5. The molecule has 0 radical (unpaired) electrons. The van der Waals surface area contributed by atoms with Gasteiger partial charge in [0, 0.05) is 6.04 Å². The van der Waals surface area contributed by atoms with Gasteiger partial charge in [-0.3, -0.25) is 4.31 Å². The standard InChI is InChI=1S/C25H25ClFNO2S/c1-17-4-12-22(13-5-17)31(29,30)28-21(10-6-19-7-14-24(27)23(26)16-19)11-9-20-8-3-18(2)15-25(20)28/h3-5,7-8,12-16,21H,6,9-11H2,1-2H3. The Morgan fingerprint density at radius 2 is 1.71 bits per heavy atom. The molecule has 1 aliphatic rings. The molecule has 4 rings (SSSR count). The van der Waals surface area contributed by atoms with Gasteiger partial charge in [0.15, 0.2) is 0 Å². The molecule has 0 amide bonds. The van der Waals surface area contributed by atoms with Crippen molar-refractivity contribution in [3.63, 3.8) is 0 Å².